The smallest absolute Gasteiger partial charge is 0.335 e. The number of rotatable bonds is 8. The molecule has 0 heterocycles. The van der Waals surface area contributed by atoms with Crippen molar-refractivity contribution in [1.29, 1.82) is 0 Å². The number of aliphatic hydroxyl groups excluding tert-OH is 4. The van der Waals surface area contributed by atoms with E-state index in [1.807, 2.05) is 0 Å². The van der Waals surface area contributed by atoms with Gasteiger partial charge in [0.05, 0.1) is 0 Å². The highest BCUT2D eigenvalue weighted by atomic mass is 16.4. The van der Waals surface area contributed by atoms with Gasteiger partial charge < -0.3 is 30.8 Å². The summed E-state index contributed by atoms with van der Waals surface area (Å²) in [6.07, 6.45) is -7.12. The predicted octanol–water partition coefficient (Wildman–Crippen LogP) is -1.53. The van der Waals surface area contributed by atoms with Crippen LogP contribution in [0, 0.1) is 0 Å². The monoisotopic (exact) mass is 325 g/mol. The number of carbonyl (C=O) groups excluding carboxylic acids is 1. The molecule has 4 atom stereocenters. The summed E-state index contributed by atoms with van der Waals surface area (Å²) in [6, 6.07) is 6.99. The summed E-state index contributed by atoms with van der Waals surface area (Å²) in [5, 5.41) is 48.5. The number of amides is 1. The summed E-state index contributed by atoms with van der Waals surface area (Å²) < 4.78 is 0. The summed E-state index contributed by atoms with van der Waals surface area (Å²) in [5.41, 5.74) is 1.61. The van der Waals surface area contributed by atoms with Gasteiger partial charge in [-0.15, -0.1) is 0 Å². The normalized spacial score (nSPS) is 16.0. The van der Waals surface area contributed by atoms with Crippen molar-refractivity contribution in [2.24, 2.45) is 0 Å². The van der Waals surface area contributed by atoms with Crippen molar-refractivity contribution >= 4 is 18.0 Å². The molecule has 0 saturated heterocycles. The number of hydrogen-bond acceptors (Lipinski definition) is 6. The topological polar surface area (TPSA) is 147 Å². The maximum absolute atomic E-state index is 11.7. The highest BCUT2D eigenvalue weighted by Crippen LogP contribution is 2.08. The number of nitrogens with one attached hydrogen (secondary N) is 1. The summed E-state index contributed by atoms with van der Waals surface area (Å²) >= 11 is 0. The third kappa shape index (κ3) is 5.15. The molecule has 23 heavy (non-hydrogen) atoms. The fraction of sp³-hybridized carbons (Fsp3) is 0.333. The van der Waals surface area contributed by atoms with Gasteiger partial charge in [-0.05, 0) is 11.1 Å². The average Bonchev–Trinajstić information content (AvgIpc) is 2.57. The molecular weight excluding hydrogens is 306 g/mol. The Morgan fingerprint density at radius 1 is 1.04 bits per heavy atom. The first kappa shape index (κ1) is 18.8. The van der Waals surface area contributed by atoms with Crippen LogP contribution in [0.15, 0.2) is 30.8 Å². The van der Waals surface area contributed by atoms with Crippen LogP contribution in [0.5, 0.6) is 0 Å². The van der Waals surface area contributed by atoms with E-state index in [-0.39, 0.29) is 6.54 Å². The molecule has 0 aliphatic heterocycles. The second kappa shape index (κ2) is 8.39. The van der Waals surface area contributed by atoms with Gasteiger partial charge in [-0.2, -0.15) is 0 Å². The van der Waals surface area contributed by atoms with Crippen LogP contribution < -0.4 is 5.32 Å². The third-order valence-corrected chi connectivity index (χ3v) is 3.20. The first-order valence-corrected chi connectivity index (χ1v) is 6.72. The van der Waals surface area contributed by atoms with E-state index in [4.69, 9.17) is 10.2 Å². The first-order chi connectivity index (χ1) is 10.8. The van der Waals surface area contributed by atoms with E-state index < -0.39 is 36.3 Å². The zero-order valence-electron chi connectivity index (χ0n) is 12.2. The second-order valence-corrected chi connectivity index (χ2v) is 4.87. The van der Waals surface area contributed by atoms with Crippen LogP contribution in [0.4, 0.5) is 0 Å². The molecule has 6 N–H and O–H groups in total. The van der Waals surface area contributed by atoms with Crippen LogP contribution in [0.1, 0.15) is 11.1 Å². The lowest BCUT2D eigenvalue weighted by Gasteiger charge is -2.24. The Morgan fingerprint density at radius 2 is 1.57 bits per heavy atom. The maximum atomic E-state index is 11.7. The van der Waals surface area contributed by atoms with Gasteiger partial charge >= 0.3 is 5.97 Å². The van der Waals surface area contributed by atoms with Gasteiger partial charge in [0.1, 0.15) is 12.2 Å². The number of carboxylic acid groups (broad SMARTS) is 1. The third-order valence-electron chi connectivity index (χ3n) is 3.20. The molecule has 0 spiro atoms. The maximum Gasteiger partial charge on any atom is 0.335 e. The highest BCUT2D eigenvalue weighted by Gasteiger charge is 2.37. The zero-order valence-corrected chi connectivity index (χ0v) is 12.2. The van der Waals surface area contributed by atoms with Crippen molar-refractivity contribution in [1.82, 2.24) is 5.32 Å². The molecule has 126 valence electrons. The lowest BCUT2D eigenvalue weighted by Crippen LogP contribution is -2.52. The van der Waals surface area contributed by atoms with E-state index in [0.717, 1.165) is 11.1 Å². The van der Waals surface area contributed by atoms with Crippen molar-refractivity contribution in [3.8, 4) is 0 Å². The van der Waals surface area contributed by atoms with E-state index in [1.54, 1.807) is 30.3 Å². The van der Waals surface area contributed by atoms with Gasteiger partial charge in [0.15, 0.2) is 12.2 Å². The van der Waals surface area contributed by atoms with Crippen molar-refractivity contribution < 1.29 is 35.1 Å². The van der Waals surface area contributed by atoms with E-state index in [2.05, 4.69) is 11.9 Å². The quantitative estimate of drug-likeness (QED) is 0.340. The van der Waals surface area contributed by atoms with Crippen molar-refractivity contribution in [3.63, 3.8) is 0 Å². The molecule has 8 nitrogen and oxygen atoms in total. The SMILES string of the molecule is C=Cc1ccc(CNC(=O)[C@H](O)[C@@H](O)[C@H](O)[C@@H](O)C(=O)O)cc1. The molecule has 1 aromatic rings. The molecule has 0 saturated carbocycles. The Labute approximate surface area is 132 Å². The molecule has 0 fully saturated rings. The van der Waals surface area contributed by atoms with Crippen LogP contribution in [-0.4, -0.2) is 61.8 Å². The predicted molar refractivity (Wildman–Crippen MR) is 80.0 cm³/mol. The Kier molecular flexibility index (Phi) is 6.86. The number of carbonyl (C=O) groups is 2. The fourth-order valence-corrected chi connectivity index (χ4v) is 1.74. The zero-order chi connectivity index (χ0) is 17.6. The second-order valence-electron chi connectivity index (χ2n) is 4.87. The molecule has 0 bridgehead atoms. The van der Waals surface area contributed by atoms with Gasteiger partial charge in [0, 0.05) is 6.54 Å². The molecule has 1 amide bonds. The van der Waals surface area contributed by atoms with Crippen LogP contribution in [0.2, 0.25) is 0 Å². The van der Waals surface area contributed by atoms with Gasteiger partial charge in [-0.3, -0.25) is 4.79 Å². The van der Waals surface area contributed by atoms with Gasteiger partial charge in [0.25, 0.3) is 5.91 Å². The van der Waals surface area contributed by atoms with Gasteiger partial charge in [-0.25, -0.2) is 4.79 Å². The van der Waals surface area contributed by atoms with Crippen molar-refractivity contribution in [2.75, 3.05) is 0 Å². The lowest BCUT2D eigenvalue weighted by atomic mass is 10.0. The standard InChI is InChI=1S/C15H19NO7/c1-2-8-3-5-9(6-4-8)7-16-14(21)12(19)10(17)11(18)13(20)15(22)23/h2-6,10-13,17-20H,1,7H2,(H,16,21)(H,22,23)/t10-,11-,12+,13+/m0/s1. The first-order valence-electron chi connectivity index (χ1n) is 6.72. The molecular formula is C15H19NO7. The van der Waals surface area contributed by atoms with E-state index in [0.29, 0.717) is 0 Å². The molecule has 0 unspecified atom stereocenters. The van der Waals surface area contributed by atoms with E-state index in [9.17, 15) is 24.9 Å². The largest absolute Gasteiger partial charge is 0.479 e. The molecule has 1 rings (SSSR count). The van der Waals surface area contributed by atoms with Gasteiger partial charge in [-0.1, -0.05) is 36.9 Å². The molecule has 0 aliphatic rings. The Morgan fingerprint density at radius 3 is 2.04 bits per heavy atom. The minimum Gasteiger partial charge on any atom is -0.479 e. The number of hydrogen-bond donors (Lipinski definition) is 6. The minimum absolute atomic E-state index is 0.0532. The Balaban J connectivity index is 2.58. The number of carboxylic acids is 1. The highest BCUT2D eigenvalue weighted by molar-refractivity contribution is 5.81. The van der Waals surface area contributed by atoms with Crippen molar-refractivity contribution in [2.45, 2.75) is 31.0 Å². The molecule has 0 aromatic heterocycles. The Hall–Kier alpha value is -2.26. The summed E-state index contributed by atoms with van der Waals surface area (Å²) in [4.78, 5) is 22.2. The Bertz CT molecular complexity index is 557. The van der Waals surface area contributed by atoms with E-state index in [1.165, 1.54) is 0 Å². The number of benzene rings is 1. The van der Waals surface area contributed by atoms with Crippen LogP contribution in [0.25, 0.3) is 6.08 Å². The van der Waals surface area contributed by atoms with Crippen LogP contribution in [0.3, 0.4) is 0 Å². The minimum atomic E-state index is -2.32. The molecule has 8 heteroatoms. The fourth-order valence-electron chi connectivity index (χ4n) is 1.74. The van der Waals surface area contributed by atoms with Crippen LogP contribution >= 0.6 is 0 Å². The summed E-state index contributed by atoms with van der Waals surface area (Å²) in [6.45, 7) is 3.66. The summed E-state index contributed by atoms with van der Waals surface area (Å²) in [5.74, 6) is -2.80. The molecule has 0 radical (unpaired) electrons. The molecule has 0 aliphatic carbocycles. The molecule has 1 aromatic carbocycles. The number of aliphatic hydroxyl groups is 4. The van der Waals surface area contributed by atoms with E-state index >= 15 is 0 Å². The summed E-state index contributed by atoms with van der Waals surface area (Å²) in [7, 11) is 0. The van der Waals surface area contributed by atoms with Crippen molar-refractivity contribution in [3.05, 3.63) is 42.0 Å². The number of aliphatic carboxylic acids is 1. The lowest BCUT2D eigenvalue weighted by molar-refractivity contribution is -0.166. The van der Waals surface area contributed by atoms with Gasteiger partial charge in [0.2, 0.25) is 0 Å². The van der Waals surface area contributed by atoms with Crippen LogP contribution in [-0.2, 0) is 16.1 Å². The average molecular weight is 325 g/mol.